The van der Waals surface area contributed by atoms with Crippen molar-refractivity contribution >= 4 is 28.9 Å². The Balaban J connectivity index is 2.32. The minimum atomic E-state index is -1.12. The number of aromatic nitrogens is 1. The van der Waals surface area contributed by atoms with Crippen LogP contribution in [0.5, 0.6) is 5.75 Å². The number of nitrogens with one attached hydrogen (secondary N) is 1. The molecule has 0 aliphatic rings. The number of methoxy groups -OCH3 is 1. The maximum Gasteiger partial charge on any atom is 0.337 e. The third kappa shape index (κ3) is 2.89. The Morgan fingerprint density at radius 1 is 1.42 bits per heavy atom. The molecular formula is C12H10N2O4S. The Labute approximate surface area is 112 Å². The smallest absolute Gasteiger partial charge is 0.337 e. The predicted molar refractivity (Wildman–Crippen MR) is 70.0 cm³/mol. The average molecular weight is 278 g/mol. The molecule has 1 aromatic carbocycles. The van der Waals surface area contributed by atoms with Crippen LogP contribution in [0.25, 0.3) is 0 Å². The highest BCUT2D eigenvalue weighted by Gasteiger charge is 2.15. The number of nitrogens with zero attached hydrogens (tertiary/aromatic N) is 1. The van der Waals surface area contributed by atoms with Crippen LogP contribution in [0.1, 0.15) is 20.0 Å². The van der Waals surface area contributed by atoms with Crippen molar-refractivity contribution < 1.29 is 19.4 Å². The van der Waals surface area contributed by atoms with Crippen LogP contribution in [0.15, 0.2) is 29.9 Å². The van der Waals surface area contributed by atoms with Crippen LogP contribution < -0.4 is 10.1 Å². The van der Waals surface area contributed by atoms with Crippen LogP contribution >= 0.6 is 11.3 Å². The second-order valence-corrected chi connectivity index (χ2v) is 4.42. The van der Waals surface area contributed by atoms with Crippen LogP contribution in [0.3, 0.4) is 0 Å². The first-order valence-electron chi connectivity index (χ1n) is 5.23. The predicted octanol–water partition coefficient (Wildman–Crippen LogP) is 2.10. The largest absolute Gasteiger partial charge is 0.497 e. The van der Waals surface area contributed by atoms with E-state index in [-0.39, 0.29) is 11.3 Å². The van der Waals surface area contributed by atoms with Gasteiger partial charge in [0.1, 0.15) is 10.6 Å². The molecule has 0 fully saturated rings. The second-order valence-electron chi connectivity index (χ2n) is 3.54. The molecule has 2 aromatic rings. The number of hydrogen-bond acceptors (Lipinski definition) is 5. The van der Waals surface area contributed by atoms with Crippen LogP contribution in [-0.4, -0.2) is 29.1 Å². The van der Waals surface area contributed by atoms with E-state index in [0.717, 1.165) is 0 Å². The summed E-state index contributed by atoms with van der Waals surface area (Å²) >= 11 is 1.17. The molecule has 98 valence electrons. The number of carbonyl (C=O) groups is 2. The molecule has 19 heavy (non-hydrogen) atoms. The van der Waals surface area contributed by atoms with E-state index < -0.39 is 11.9 Å². The first-order valence-corrected chi connectivity index (χ1v) is 6.11. The number of rotatable bonds is 4. The van der Waals surface area contributed by atoms with Crippen molar-refractivity contribution in [2.45, 2.75) is 0 Å². The molecule has 2 rings (SSSR count). The Kier molecular flexibility index (Phi) is 3.76. The molecule has 0 unspecified atom stereocenters. The van der Waals surface area contributed by atoms with Crippen molar-refractivity contribution in [1.82, 2.24) is 4.98 Å². The van der Waals surface area contributed by atoms with Crippen molar-refractivity contribution in [2.75, 3.05) is 12.4 Å². The number of carboxylic acids is 1. The Morgan fingerprint density at radius 2 is 2.21 bits per heavy atom. The zero-order valence-corrected chi connectivity index (χ0v) is 10.7. The van der Waals surface area contributed by atoms with Gasteiger partial charge < -0.3 is 15.2 Å². The highest BCUT2D eigenvalue weighted by molar-refractivity contribution is 7.11. The average Bonchev–Trinajstić information content (AvgIpc) is 2.92. The van der Waals surface area contributed by atoms with Gasteiger partial charge in [-0.15, -0.1) is 11.3 Å². The molecule has 0 spiro atoms. The van der Waals surface area contributed by atoms with Crippen molar-refractivity contribution in [2.24, 2.45) is 0 Å². The summed E-state index contributed by atoms with van der Waals surface area (Å²) < 4.78 is 5.01. The summed E-state index contributed by atoms with van der Waals surface area (Å²) in [6.07, 6.45) is 1.42. The molecule has 0 aliphatic carbocycles. The van der Waals surface area contributed by atoms with Crippen LogP contribution in [0.2, 0.25) is 0 Å². The summed E-state index contributed by atoms with van der Waals surface area (Å²) in [6, 6.07) is 4.36. The maximum atomic E-state index is 11.9. The second kappa shape index (κ2) is 5.49. The lowest BCUT2D eigenvalue weighted by Crippen LogP contribution is -2.13. The van der Waals surface area contributed by atoms with Crippen LogP contribution in [-0.2, 0) is 0 Å². The van der Waals surface area contributed by atoms with Crippen molar-refractivity contribution in [3.63, 3.8) is 0 Å². The van der Waals surface area contributed by atoms with Crippen molar-refractivity contribution in [3.8, 4) is 5.75 Å². The summed E-state index contributed by atoms with van der Waals surface area (Å²) in [4.78, 5) is 27.2. The fourth-order valence-corrected chi connectivity index (χ4v) is 1.97. The van der Waals surface area contributed by atoms with Gasteiger partial charge in [-0.25, -0.2) is 4.79 Å². The first kappa shape index (κ1) is 13.0. The lowest BCUT2D eigenvalue weighted by molar-refractivity contribution is 0.0698. The van der Waals surface area contributed by atoms with Crippen LogP contribution in [0, 0.1) is 0 Å². The van der Waals surface area contributed by atoms with E-state index in [4.69, 9.17) is 9.84 Å². The van der Waals surface area contributed by atoms with E-state index in [1.54, 1.807) is 0 Å². The van der Waals surface area contributed by atoms with Gasteiger partial charge in [0.15, 0.2) is 0 Å². The summed E-state index contributed by atoms with van der Waals surface area (Å²) in [7, 11) is 1.46. The van der Waals surface area contributed by atoms with E-state index >= 15 is 0 Å². The molecule has 1 heterocycles. The molecule has 0 saturated heterocycles. The summed E-state index contributed by atoms with van der Waals surface area (Å²) in [5, 5.41) is 11.6. The van der Waals surface area contributed by atoms with E-state index in [2.05, 4.69) is 10.3 Å². The van der Waals surface area contributed by atoms with Crippen LogP contribution in [0.4, 0.5) is 5.69 Å². The highest BCUT2D eigenvalue weighted by Crippen LogP contribution is 2.23. The standard InChI is InChI=1S/C12H10N2O4S/c1-18-7-2-3-8(12(16)17)9(4-7)14-11(15)10-5-13-6-19-10/h2-6H,1H3,(H,14,15)(H,16,17). The number of benzene rings is 1. The van der Waals surface area contributed by atoms with Gasteiger partial charge in [-0.3, -0.25) is 9.78 Å². The van der Waals surface area contributed by atoms with Gasteiger partial charge in [0.05, 0.1) is 30.1 Å². The van der Waals surface area contributed by atoms with Crippen molar-refractivity contribution in [3.05, 3.63) is 40.3 Å². The number of carbonyl (C=O) groups excluding carboxylic acids is 1. The Bertz CT molecular complexity index is 610. The number of aromatic carboxylic acids is 1. The van der Waals surface area contributed by atoms with Gasteiger partial charge in [-0.1, -0.05) is 0 Å². The molecule has 0 bridgehead atoms. The number of carboxylic acid groups (broad SMARTS) is 1. The van der Waals surface area contributed by atoms with E-state index in [1.165, 1.54) is 48.4 Å². The molecule has 0 aliphatic heterocycles. The molecule has 1 amide bonds. The van der Waals surface area contributed by atoms with Gasteiger partial charge in [0.2, 0.25) is 0 Å². The summed E-state index contributed by atoms with van der Waals surface area (Å²) in [5.41, 5.74) is 1.71. The maximum absolute atomic E-state index is 11.9. The zero-order chi connectivity index (χ0) is 13.8. The van der Waals surface area contributed by atoms with Gasteiger partial charge in [0, 0.05) is 6.07 Å². The zero-order valence-electron chi connectivity index (χ0n) is 9.91. The fraction of sp³-hybridized carbons (Fsp3) is 0.0833. The molecule has 1 aromatic heterocycles. The lowest BCUT2D eigenvalue weighted by atomic mass is 10.1. The minimum Gasteiger partial charge on any atom is -0.497 e. The Morgan fingerprint density at radius 3 is 2.79 bits per heavy atom. The Hall–Kier alpha value is -2.41. The van der Waals surface area contributed by atoms with E-state index in [0.29, 0.717) is 10.6 Å². The molecule has 0 saturated carbocycles. The molecule has 0 radical (unpaired) electrons. The fourth-order valence-electron chi connectivity index (χ4n) is 1.45. The monoisotopic (exact) mass is 278 g/mol. The number of hydrogen-bond donors (Lipinski definition) is 2. The molecule has 0 atom stereocenters. The van der Waals surface area contributed by atoms with Gasteiger partial charge in [0.25, 0.3) is 5.91 Å². The van der Waals surface area contributed by atoms with Gasteiger partial charge in [-0.05, 0) is 12.1 Å². The topological polar surface area (TPSA) is 88.5 Å². The number of amides is 1. The third-order valence-electron chi connectivity index (χ3n) is 2.36. The summed E-state index contributed by atoms with van der Waals surface area (Å²) in [5.74, 6) is -1.06. The third-order valence-corrected chi connectivity index (χ3v) is 3.13. The number of anilines is 1. The summed E-state index contributed by atoms with van der Waals surface area (Å²) in [6.45, 7) is 0. The van der Waals surface area contributed by atoms with Gasteiger partial charge in [-0.2, -0.15) is 0 Å². The van der Waals surface area contributed by atoms with E-state index in [9.17, 15) is 9.59 Å². The highest BCUT2D eigenvalue weighted by atomic mass is 32.1. The van der Waals surface area contributed by atoms with Gasteiger partial charge >= 0.3 is 5.97 Å². The minimum absolute atomic E-state index is 0.00124. The van der Waals surface area contributed by atoms with E-state index in [1.807, 2.05) is 0 Å². The molecular weight excluding hydrogens is 268 g/mol. The quantitative estimate of drug-likeness (QED) is 0.894. The molecule has 2 N–H and O–H groups in total. The van der Waals surface area contributed by atoms with Crippen molar-refractivity contribution in [1.29, 1.82) is 0 Å². The normalized spacial score (nSPS) is 9.95. The SMILES string of the molecule is COc1ccc(C(=O)O)c(NC(=O)c2cncs2)c1. The molecule has 6 nitrogen and oxygen atoms in total. The number of ether oxygens (including phenoxy) is 1. The lowest BCUT2D eigenvalue weighted by Gasteiger charge is -2.09. The first-order chi connectivity index (χ1) is 9.11. The number of thiazole rings is 1. The molecule has 7 heteroatoms.